The molecule has 29 heavy (non-hydrogen) atoms. The molecule has 0 aliphatic rings. The zero-order chi connectivity index (χ0) is 21.7. The molecule has 2 aromatic carbocycles. The van der Waals surface area contributed by atoms with Gasteiger partial charge >= 0.3 is 0 Å². The Labute approximate surface area is 183 Å². The van der Waals surface area contributed by atoms with Crippen LogP contribution in [0.15, 0.2) is 48.5 Å². The topological polar surface area (TPSA) is 27.7 Å². The van der Waals surface area contributed by atoms with Crippen molar-refractivity contribution in [3.8, 4) is 5.75 Å². The molecule has 1 unspecified atom stereocenters. The molecule has 5 heteroatoms. The zero-order valence-electron chi connectivity index (χ0n) is 18.8. The fourth-order valence-corrected chi connectivity index (χ4v) is 4.31. The van der Waals surface area contributed by atoms with E-state index in [2.05, 4.69) is 46.0 Å². The second kappa shape index (κ2) is 10.1. The summed E-state index contributed by atoms with van der Waals surface area (Å²) in [4.78, 5) is 0. The highest BCUT2D eigenvalue weighted by molar-refractivity contribution is 6.48. The normalized spacial score (nSPS) is 13.6. The maximum absolute atomic E-state index is 6.35. The fraction of sp³-hybridized carbons (Fsp3) is 0.500. The van der Waals surface area contributed by atoms with Crippen LogP contribution >= 0.6 is 11.6 Å². The van der Waals surface area contributed by atoms with E-state index >= 15 is 0 Å². The lowest BCUT2D eigenvalue weighted by Gasteiger charge is -2.33. The lowest BCUT2D eigenvalue weighted by atomic mass is 9.85. The summed E-state index contributed by atoms with van der Waals surface area (Å²) in [7, 11) is -1.17. The Hall–Kier alpha value is -1.33. The Morgan fingerprint density at radius 2 is 1.66 bits per heavy atom. The van der Waals surface area contributed by atoms with Crippen molar-refractivity contribution in [2.75, 3.05) is 6.61 Å². The van der Waals surface area contributed by atoms with Crippen LogP contribution in [0.1, 0.15) is 51.8 Å². The molecule has 0 aromatic heterocycles. The highest BCUT2D eigenvalue weighted by atomic mass is 35.5. The first-order valence-electron chi connectivity index (χ1n) is 10.2. The van der Waals surface area contributed by atoms with Crippen molar-refractivity contribution < 1.29 is 13.9 Å². The van der Waals surface area contributed by atoms with Crippen LogP contribution in [0.2, 0.25) is 18.1 Å². The van der Waals surface area contributed by atoms with Gasteiger partial charge in [-0.3, -0.25) is 0 Å². The summed E-state index contributed by atoms with van der Waals surface area (Å²) in [5, 5.41) is 0.721. The van der Waals surface area contributed by atoms with Crippen LogP contribution < -0.4 is 4.74 Å². The molecule has 0 heterocycles. The fourth-order valence-electron chi connectivity index (χ4n) is 3.01. The molecule has 0 spiro atoms. The van der Waals surface area contributed by atoms with Gasteiger partial charge in [-0.2, -0.15) is 0 Å². The molecule has 0 aliphatic heterocycles. The Bertz CT molecular complexity index is 784. The van der Waals surface area contributed by atoms with Gasteiger partial charge in [0.1, 0.15) is 12.4 Å². The van der Waals surface area contributed by atoms with Gasteiger partial charge in [-0.25, -0.2) is 0 Å². The monoisotopic (exact) mass is 434 g/mol. The molecule has 1 atom stereocenters. The number of ether oxygens (including phenoxy) is 2. The van der Waals surface area contributed by atoms with Gasteiger partial charge in [-0.15, -0.1) is 0 Å². The van der Waals surface area contributed by atoms with Crippen LogP contribution in [0.25, 0.3) is 0 Å². The first-order valence-corrected chi connectivity index (χ1v) is 13.4. The number of hydrogen-bond donors (Lipinski definition) is 0. The summed E-state index contributed by atoms with van der Waals surface area (Å²) in [5.41, 5.74) is 1.71. The van der Waals surface area contributed by atoms with E-state index in [1.807, 2.05) is 50.2 Å². The molecule has 0 saturated heterocycles. The minimum atomic E-state index is -1.17. The molecule has 0 bridgehead atoms. The van der Waals surface area contributed by atoms with Gasteiger partial charge in [0.15, 0.2) is 9.04 Å². The molecular weight excluding hydrogens is 400 g/mol. The predicted octanol–water partition coefficient (Wildman–Crippen LogP) is 6.80. The number of rotatable bonds is 9. The third kappa shape index (κ3) is 7.78. The average Bonchev–Trinajstić information content (AvgIpc) is 2.63. The molecular formula is C24H35ClO3Si. The lowest BCUT2D eigenvalue weighted by molar-refractivity contribution is -0.0569. The van der Waals surface area contributed by atoms with E-state index in [0.717, 1.165) is 21.9 Å². The quantitative estimate of drug-likeness (QED) is 0.406. The standard InChI is InChI=1S/C24H35ClO3Si/c1-23(2,3)22(28-29(6)7)18-12-10-13-20(15-18)26-17-24(4,5)27-16-19-11-8-9-14-21(19)25/h8-15,22,29H,16-17H2,1-7H3. The van der Waals surface area contributed by atoms with Crippen molar-refractivity contribution in [3.05, 3.63) is 64.7 Å². The van der Waals surface area contributed by atoms with Crippen LogP contribution in [0, 0.1) is 5.41 Å². The predicted molar refractivity (Wildman–Crippen MR) is 124 cm³/mol. The first-order chi connectivity index (χ1) is 13.5. The van der Waals surface area contributed by atoms with Gasteiger partial charge in [0.2, 0.25) is 0 Å². The van der Waals surface area contributed by atoms with Gasteiger partial charge in [0.25, 0.3) is 0 Å². The van der Waals surface area contributed by atoms with Crippen LogP contribution in [0.4, 0.5) is 0 Å². The average molecular weight is 435 g/mol. The summed E-state index contributed by atoms with van der Waals surface area (Å²) < 4.78 is 18.5. The largest absolute Gasteiger partial charge is 0.491 e. The summed E-state index contributed by atoms with van der Waals surface area (Å²) in [5.74, 6) is 0.834. The molecule has 0 aliphatic carbocycles. The zero-order valence-corrected chi connectivity index (χ0v) is 20.7. The summed E-state index contributed by atoms with van der Waals surface area (Å²) in [6.45, 7) is 16.0. The van der Waals surface area contributed by atoms with Crippen LogP contribution in [0.5, 0.6) is 5.75 Å². The number of halogens is 1. The second-order valence-electron chi connectivity index (χ2n) is 9.43. The van der Waals surface area contributed by atoms with E-state index in [9.17, 15) is 0 Å². The van der Waals surface area contributed by atoms with Gasteiger partial charge in [0, 0.05) is 5.02 Å². The van der Waals surface area contributed by atoms with Gasteiger partial charge < -0.3 is 13.9 Å². The minimum Gasteiger partial charge on any atom is -0.491 e. The van der Waals surface area contributed by atoms with Crippen molar-refractivity contribution in [2.24, 2.45) is 5.41 Å². The molecule has 160 valence electrons. The Morgan fingerprint density at radius 1 is 0.966 bits per heavy atom. The highest BCUT2D eigenvalue weighted by Gasteiger charge is 2.28. The van der Waals surface area contributed by atoms with E-state index in [4.69, 9.17) is 25.5 Å². The number of benzene rings is 2. The van der Waals surface area contributed by atoms with Crippen molar-refractivity contribution in [2.45, 2.75) is 66.0 Å². The molecule has 0 N–H and O–H groups in total. The molecule has 0 fully saturated rings. The Balaban J connectivity index is 2.02. The highest BCUT2D eigenvalue weighted by Crippen LogP contribution is 2.37. The SMILES string of the molecule is C[SiH](C)OC(c1cccc(OCC(C)(C)OCc2ccccc2Cl)c1)C(C)(C)C. The molecule has 2 aromatic rings. The van der Waals surface area contributed by atoms with Crippen molar-refractivity contribution in [3.63, 3.8) is 0 Å². The Morgan fingerprint density at radius 3 is 2.28 bits per heavy atom. The third-order valence-corrected chi connectivity index (χ3v) is 5.70. The maximum Gasteiger partial charge on any atom is 0.171 e. The van der Waals surface area contributed by atoms with Gasteiger partial charge in [-0.05, 0) is 61.7 Å². The lowest BCUT2D eigenvalue weighted by Crippen LogP contribution is -2.32. The summed E-state index contributed by atoms with van der Waals surface area (Å²) in [6, 6.07) is 16.0. The smallest absolute Gasteiger partial charge is 0.171 e. The van der Waals surface area contributed by atoms with Crippen LogP contribution in [-0.2, 0) is 15.8 Å². The van der Waals surface area contributed by atoms with E-state index in [1.54, 1.807) is 0 Å². The van der Waals surface area contributed by atoms with E-state index in [1.165, 1.54) is 0 Å². The van der Waals surface area contributed by atoms with E-state index < -0.39 is 14.6 Å². The van der Waals surface area contributed by atoms with Crippen LogP contribution in [-0.4, -0.2) is 21.2 Å². The minimum absolute atomic E-state index is 0.0211. The van der Waals surface area contributed by atoms with Crippen molar-refractivity contribution >= 4 is 20.6 Å². The van der Waals surface area contributed by atoms with E-state index in [-0.39, 0.29) is 11.5 Å². The van der Waals surface area contributed by atoms with Gasteiger partial charge in [-0.1, -0.05) is 62.7 Å². The molecule has 0 saturated carbocycles. The first kappa shape index (κ1) is 23.9. The van der Waals surface area contributed by atoms with Crippen molar-refractivity contribution in [1.82, 2.24) is 0 Å². The van der Waals surface area contributed by atoms with Crippen LogP contribution in [0.3, 0.4) is 0 Å². The summed E-state index contributed by atoms with van der Waals surface area (Å²) in [6.07, 6.45) is 0.0576. The second-order valence-corrected chi connectivity index (χ2v) is 12.2. The molecule has 0 radical (unpaired) electrons. The van der Waals surface area contributed by atoms with Gasteiger partial charge in [0.05, 0.1) is 18.3 Å². The summed E-state index contributed by atoms with van der Waals surface area (Å²) >= 11 is 6.23. The molecule has 2 rings (SSSR count). The molecule has 0 amide bonds. The van der Waals surface area contributed by atoms with E-state index in [0.29, 0.717) is 13.2 Å². The molecule has 3 nitrogen and oxygen atoms in total. The Kier molecular flexibility index (Phi) is 8.35. The number of hydrogen-bond acceptors (Lipinski definition) is 3. The maximum atomic E-state index is 6.35. The van der Waals surface area contributed by atoms with Crippen molar-refractivity contribution in [1.29, 1.82) is 0 Å². The third-order valence-electron chi connectivity index (χ3n) is 4.52.